The molecule has 1 N–H and O–H groups in total. The predicted octanol–water partition coefficient (Wildman–Crippen LogP) is 4.07. The van der Waals surface area contributed by atoms with E-state index >= 15 is 0 Å². The molecule has 4 aromatic heterocycles. The molecule has 0 atom stereocenters. The van der Waals surface area contributed by atoms with Crippen molar-refractivity contribution in [1.82, 2.24) is 19.5 Å². The van der Waals surface area contributed by atoms with Crippen molar-refractivity contribution < 1.29 is 14.6 Å². The monoisotopic (exact) mass is 427 g/mol. The number of ether oxygens (including phenoxy) is 2. The van der Waals surface area contributed by atoms with Crippen molar-refractivity contribution in [2.45, 2.75) is 25.2 Å². The zero-order valence-electron chi connectivity index (χ0n) is 18.0. The summed E-state index contributed by atoms with van der Waals surface area (Å²) in [5, 5.41) is 21.2. The molecule has 5 rings (SSSR count). The quantitative estimate of drug-likeness (QED) is 0.512. The average molecular weight is 427 g/mol. The number of nitriles is 1. The van der Waals surface area contributed by atoms with Gasteiger partial charge in [0.1, 0.15) is 0 Å². The molecule has 8 nitrogen and oxygen atoms in total. The van der Waals surface area contributed by atoms with Crippen LogP contribution in [-0.2, 0) is 5.41 Å². The molecule has 1 aliphatic carbocycles. The lowest BCUT2D eigenvalue weighted by Gasteiger charge is -2.09. The zero-order chi connectivity index (χ0) is 22.5. The number of methoxy groups -OCH3 is 2. The number of nitrogens with zero attached hydrogens (tertiary/aromatic N) is 5. The first-order valence-electron chi connectivity index (χ1n) is 10.2. The van der Waals surface area contributed by atoms with E-state index in [1.54, 1.807) is 30.3 Å². The Bertz CT molecular complexity index is 1400. The number of aromatic hydroxyl groups is 1. The fraction of sp³-hybridized carbons (Fsp3) is 0.250. The van der Waals surface area contributed by atoms with Gasteiger partial charge in [0.2, 0.25) is 5.88 Å². The van der Waals surface area contributed by atoms with Gasteiger partial charge in [-0.2, -0.15) is 5.26 Å². The van der Waals surface area contributed by atoms with Gasteiger partial charge in [-0.1, -0.05) is 0 Å². The molecular weight excluding hydrogens is 406 g/mol. The van der Waals surface area contributed by atoms with E-state index in [0.717, 1.165) is 35.3 Å². The second-order valence-corrected chi connectivity index (χ2v) is 7.94. The molecule has 0 radical (unpaired) electrons. The first-order valence-corrected chi connectivity index (χ1v) is 10.2. The van der Waals surface area contributed by atoms with Crippen molar-refractivity contribution in [3.05, 3.63) is 54.1 Å². The smallest absolute Gasteiger partial charge is 0.256 e. The van der Waals surface area contributed by atoms with Crippen LogP contribution in [0.1, 0.15) is 24.1 Å². The number of pyridine rings is 3. The summed E-state index contributed by atoms with van der Waals surface area (Å²) in [6, 6.07) is 9.77. The molecule has 4 aromatic rings. The minimum atomic E-state index is -0.500. The third kappa shape index (κ3) is 3.02. The van der Waals surface area contributed by atoms with Crippen LogP contribution in [0.3, 0.4) is 0 Å². The number of hydrogen-bond acceptors (Lipinski definition) is 7. The highest BCUT2D eigenvalue weighted by molar-refractivity contribution is 5.90. The van der Waals surface area contributed by atoms with Gasteiger partial charge in [-0.25, -0.2) is 9.97 Å². The standard InChI is InChI=1S/C24H21N5O3/c1-14-8-17(15-9-19(31-2)22(32-3)27-11-15)28-18-12-29(23(30)21(14)18)16-4-7-26-20(10-16)24(13-25)5-6-24/h4,7-12,30H,5-6H2,1-3H3. The van der Waals surface area contributed by atoms with Crippen molar-refractivity contribution >= 4 is 10.9 Å². The topological polar surface area (TPSA) is 106 Å². The molecule has 160 valence electrons. The van der Waals surface area contributed by atoms with Crippen LogP contribution < -0.4 is 9.47 Å². The lowest BCUT2D eigenvalue weighted by atomic mass is 10.0. The van der Waals surface area contributed by atoms with Crippen LogP contribution in [-0.4, -0.2) is 38.8 Å². The van der Waals surface area contributed by atoms with Gasteiger partial charge in [0.05, 0.1) is 53.7 Å². The molecule has 1 aliphatic rings. The number of rotatable bonds is 5. The Morgan fingerprint density at radius 3 is 2.66 bits per heavy atom. The van der Waals surface area contributed by atoms with Crippen LogP contribution in [0.4, 0.5) is 0 Å². The largest absolute Gasteiger partial charge is 0.494 e. The molecule has 32 heavy (non-hydrogen) atoms. The SMILES string of the molecule is COc1cc(-c2cc(C)c3c(O)n(-c4ccnc(C5(C#N)CC5)c4)cc3n2)cnc1OC. The van der Waals surface area contributed by atoms with Crippen molar-refractivity contribution in [3.63, 3.8) is 0 Å². The maximum atomic E-state index is 11.0. The van der Waals surface area contributed by atoms with Crippen LogP contribution in [0.15, 0.2) is 42.9 Å². The fourth-order valence-corrected chi connectivity index (χ4v) is 3.98. The summed E-state index contributed by atoms with van der Waals surface area (Å²) in [4.78, 5) is 13.4. The summed E-state index contributed by atoms with van der Waals surface area (Å²) in [5.74, 6) is 1.01. The summed E-state index contributed by atoms with van der Waals surface area (Å²) < 4.78 is 12.3. The number of fused-ring (bicyclic) bond motifs is 1. The average Bonchev–Trinajstić information content (AvgIpc) is 3.56. The fourth-order valence-electron chi connectivity index (χ4n) is 3.98. The first kappa shape index (κ1) is 19.8. The third-order valence-electron chi connectivity index (χ3n) is 5.95. The minimum Gasteiger partial charge on any atom is -0.494 e. The number of aromatic nitrogens is 4. The lowest BCUT2D eigenvalue weighted by Crippen LogP contribution is -2.06. The second kappa shape index (κ2) is 7.24. The van der Waals surface area contributed by atoms with E-state index in [1.807, 2.05) is 31.2 Å². The maximum absolute atomic E-state index is 11.0. The van der Waals surface area contributed by atoms with Crippen molar-refractivity contribution in [3.8, 4) is 40.5 Å². The van der Waals surface area contributed by atoms with E-state index in [-0.39, 0.29) is 5.88 Å². The first-order chi connectivity index (χ1) is 15.5. The van der Waals surface area contributed by atoms with E-state index in [1.165, 1.54) is 7.11 Å². The predicted molar refractivity (Wildman–Crippen MR) is 118 cm³/mol. The second-order valence-electron chi connectivity index (χ2n) is 7.94. The summed E-state index contributed by atoms with van der Waals surface area (Å²) in [7, 11) is 3.10. The van der Waals surface area contributed by atoms with E-state index in [0.29, 0.717) is 28.2 Å². The molecule has 0 aromatic carbocycles. The molecule has 1 fully saturated rings. The molecule has 1 saturated carbocycles. The molecule has 0 saturated heterocycles. The summed E-state index contributed by atoms with van der Waals surface area (Å²) in [6.07, 6.45) is 6.76. The van der Waals surface area contributed by atoms with Gasteiger partial charge in [0.25, 0.3) is 5.88 Å². The van der Waals surface area contributed by atoms with Gasteiger partial charge in [0.15, 0.2) is 5.75 Å². The van der Waals surface area contributed by atoms with Gasteiger partial charge >= 0.3 is 0 Å². The van der Waals surface area contributed by atoms with Gasteiger partial charge in [0, 0.05) is 24.2 Å². The molecule has 0 spiro atoms. The molecule has 4 heterocycles. The third-order valence-corrected chi connectivity index (χ3v) is 5.95. The van der Waals surface area contributed by atoms with Gasteiger partial charge in [-0.15, -0.1) is 0 Å². The Morgan fingerprint density at radius 2 is 1.97 bits per heavy atom. The van der Waals surface area contributed by atoms with Crippen LogP contribution in [0.25, 0.3) is 27.8 Å². The Labute approximate surface area is 184 Å². The summed E-state index contributed by atoms with van der Waals surface area (Å²) in [5.41, 5.74) is 3.97. The van der Waals surface area contributed by atoms with Gasteiger partial charge in [-0.3, -0.25) is 9.55 Å². The number of aryl methyl sites for hydroxylation is 1. The Balaban J connectivity index is 1.62. The van der Waals surface area contributed by atoms with Crippen molar-refractivity contribution in [2.24, 2.45) is 0 Å². The molecule has 0 bridgehead atoms. The molecule has 0 aliphatic heterocycles. The maximum Gasteiger partial charge on any atom is 0.256 e. The summed E-state index contributed by atoms with van der Waals surface area (Å²) >= 11 is 0. The van der Waals surface area contributed by atoms with Gasteiger partial charge < -0.3 is 14.6 Å². The van der Waals surface area contributed by atoms with Crippen molar-refractivity contribution in [2.75, 3.05) is 14.2 Å². The highest BCUT2D eigenvalue weighted by atomic mass is 16.5. The van der Waals surface area contributed by atoms with E-state index in [4.69, 9.17) is 14.5 Å². The number of hydrogen-bond donors (Lipinski definition) is 1. The highest BCUT2D eigenvalue weighted by Gasteiger charge is 2.46. The minimum absolute atomic E-state index is 0.0981. The highest BCUT2D eigenvalue weighted by Crippen LogP contribution is 2.47. The van der Waals surface area contributed by atoms with E-state index < -0.39 is 5.41 Å². The van der Waals surface area contributed by atoms with E-state index in [2.05, 4.69) is 16.0 Å². The Morgan fingerprint density at radius 1 is 1.16 bits per heavy atom. The van der Waals surface area contributed by atoms with Crippen molar-refractivity contribution in [1.29, 1.82) is 5.26 Å². The molecule has 8 heteroatoms. The van der Waals surface area contributed by atoms with Crippen LogP contribution >= 0.6 is 0 Å². The molecular formula is C24H21N5O3. The Kier molecular flexibility index (Phi) is 4.48. The zero-order valence-corrected chi connectivity index (χ0v) is 18.0. The Hall–Kier alpha value is -4.12. The van der Waals surface area contributed by atoms with Gasteiger partial charge in [-0.05, 0) is 49.6 Å². The lowest BCUT2D eigenvalue weighted by molar-refractivity contribution is 0.343. The van der Waals surface area contributed by atoms with E-state index in [9.17, 15) is 10.4 Å². The van der Waals surface area contributed by atoms with Crippen LogP contribution in [0.2, 0.25) is 0 Å². The molecule has 0 unspecified atom stereocenters. The normalized spacial score (nSPS) is 14.2. The summed E-state index contributed by atoms with van der Waals surface area (Å²) in [6.45, 7) is 1.93. The molecule has 0 amide bonds. The van der Waals surface area contributed by atoms with Crippen LogP contribution in [0, 0.1) is 18.3 Å². The van der Waals surface area contributed by atoms with Crippen LogP contribution in [0.5, 0.6) is 17.5 Å².